The number of benzene rings is 2. The average molecular weight is 489 g/mol. The second kappa shape index (κ2) is 14.8. The maximum atomic E-state index is 11.0. The minimum Gasteiger partial charge on any atom is -0.407 e. The van der Waals surface area contributed by atoms with E-state index in [1.165, 1.54) is 10.4 Å². The molecule has 0 fully saturated rings. The van der Waals surface area contributed by atoms with Crippen LogP contribution < -0.4 is 10.4 Å². The summed E-state index contributed by atoms with van der Waals surface area (Å²) in [5.41, 5.74) is 0. The fourth-order valence-corrected chi connectivity index (χ4v) is 8.99. The third kappa shape index (κ3) is 8.01. The summed E-state index contributed by atoms with van der Waals surface area (Å²) < 4.78 is 23.3. The summed E-state index contributed by atoms with van der Waals surface area (Å²) in [5.74, 6) is -0.140. The minimum atomic E-state index is -2.67. The fourth-order valence-electron chi connectivity index (χ4n) is 4.37. The highest BCUT2D eigenvalue weighted by molar-refractivity contribution is 6.99. The molecule has 0 amide bonds. The zero-order valence-corrected chi connectivity index (χ0v) is 22.7. The molecule has 2 atom stereocenters. The van der Waals surface area contributed by atoms with Gasteiger partial charge in [0.05, 0.1) is 25.9 Å². The van der Waals surface area contributed by atoms with Gasteiger partial charge < -0.3 is 23.7 Å². The van der Waals surface area contributed by atoms with Crippen molar-refractivity contribution in [3.63, 3.8) is 0 Å². The van der Waals surface area contributed by atoms with Crippen LogP contribution in [0.5, 0.6) is 0 Å². The van der Waals surface area contributed by atoms with E-state index >= 15 is 0 Å². The molecule has 5 nitrogen and oxygen atoms in total. The lowest BCUT2D eigenvalue weighted by molar-refractivity contribution is -0.0917. The van der Waals surface area contributed by atoms with Crippen molar-refractivity contribution < 1.29 is 23.7 Å². The van der Waals surface area contributed by atoms with Crippen LogP contribution in [0.2, 0.25) is 5.04 Å². The van der Waals surface area contributed by atoms with Crippen LogP contribution in [0.4, 0.5) is 0 Å². The highest BCUT2D eigenvalue weighted by Gasteiger charge is 2.50. The molecular weight excluding hydrogens is 444 g/mol. The van der Waals surface area contributed by atoms with Gasteiger partial charge in [0.2, 0.25) is 0 Å². The van der Waals surface area contributed by atoms with Crippen molar-refractivity contribution in [3.05, 3.63) is 60.7 Å². The fraction of sp³-hybridized carbons (Fsp3) is 0.571. The van der Waals surface area contributed by atoms with E-state index in [9.17, 15) is 5.11 Å². The normalized spacial score (nSPS) is 14.2. The van der Waals surface area contributed by atoms with Gasteiger partial charge in [-0.15, -0.1) is 0 Å². The molecule has 34 heavy (non-hydrogen) atoms. The summed E-state index contributed by atoms with van der Waals surface area (Å²) in [6, 6.07) is 21.2. The lowest BCUT2D eigenvalue weighted by Gasteiger charge is -2.44. The van der Waals surface area contributed by atoms with E-state index in [-0.39, 0.29) is 17.7 Å². The van der Waals surface area contributed by atoms with E-state index in [1.807, 2.05) is 12.1 Å². The van der Waals surface area contributed by atoms with E-state index in [1.54, 1.807) is 7.11 Å². The quantitative estimate of drug-likeness (QED) is 0.216. The molecule has 2 aromatic carbocycles. The molecule has 0 bridgehead atoms. The van der Waals surface area contributed by atoms with E-state index in [0.29, 0.717) is 26.4 Å². The molecule has 6 heteroatoms. The molecule has 0 saturated carbocycles. The molecule has 0 aliphatic rings. The van der Waals surface area contributed by atoms with Gasteiger partial charge in [-0.1, -0.05) is 101 Å². The number of hydrogen-bond acceptors (Lipinski definition) is 5. The van der Waals surface area contributed by atoms with Crippen molar-refractivity contribution in [1.82, 2.24) is 0 Å². The molecule has 2 rings (SSSR count). The maximum Gasteiger partial charge on any atom is 0.261 e. The van der Waals surface area contributed by atoms with Gasteiger partial charge in [0.15, 0.2) is 0 Å². The van der Waals surface area contributed by atoms with Crippen molar-refractivity contribution >= 4 is 18.7 Å². The number of aliphatic hydroxyl groups is 1. The molecule has 190 valence electrons. The molecular formula is C28H44O5Si. The Balaban J connectivity index is 2.29. The number of aliphatic hydroxyl groups excluding tert-OH is 1. The van der Waals surface area contributed by atoms with Crippen LogP contribution in [0, 0.1) is 5.92 Å². The lowest BCUT2D eigenvalue weighted by atomic mass is 9.99. The lowest BCUT2D eigenvalue weighted by Crippen LogP contribution is -2.67. The minimum absolute atomic E-state index is 0.112. The Hall–Kier alpha value is -1.54. The van der Waals surface area contributed by atoms with Gasteiger partial charge in [0, 0.05) is 19.6 Å². The number of hydrogen-bond donors (Lipinski definition) is 1. The Bertz CT molecular complexity index is 739. The zero-order valence-electron chi connectivity index (χ0n) is 21.7. The van der Waals surface area contributed by atoms with Gasteiger partial charge in [-0.2, -0.15) is 0 Å². The number of unbranched alkanes of at least 4 members (excludes halogenated alkanes) is 1. The smallest absolute Gasteiger partial charge is 0.261 e. The second-order valence-corrected chi connectivity index (χ2v) is 14.1. The van der Waals surface area contributed by atoms with E-state index < -0.39 is 14.4 Å². The van der Waals surface area contributed by atoms with E-state index in [2.05, 4.69) is 76.2 Å². The molecule has 2 aromatic rings. The van der Waals surface area contributed by atoms with Gasteiger partial charge in [-0.3, -0.25) is 0 Å². The molecule has 0 unspecified atom stereocenters. The molecule has 0 aliphatic heterocycles. The Kier molecular flexibility index (Phi) is 12.5. The van der Waals surface area contributed by atoms with Crippen LogP contribution in [0.1, 0.15) is 47.0 Å². The van der Waals surface area contributed by atoms with Crippen LogP contribution in [-0.4, -0.2) is 59.9 Å². The molecule has 0 aliphatic carbocycles. The van der Waals surface area contributed by atoms with Gasteiger partial charge in [-0.05, 0) is 21.8 Å². The monoisotopic (exact) mass is 488 g/mol. The summed E-state index contributed by atoms with van der Waals surface area (Å²) in [4.78, 5) is 0. The standard InChI is InChI=1S/C28H44O5Si/c1-6-7-18-27(29)24(21-32-23-31-20-19-30-5)22-33-34(28(2,3)4,25-14-10-8-11-15-25)26-16-12-9-13-17-26/h8-17,24,27,29H,6-7,18-23H2,1-5H3/t24-,27+/m0/s1. The summed E-state index contributed by atoms with van der Waals surface area (Å²) in [6.45, 7) is 10.9. The average Bonchev–Trinajstić information content (AvgIpc) is 2.84. The molecule has 0 aromatic heterocycles. The Morgan fingerprint density at radius 2 is 1.44 bits per heavy atom. The first-order valence-electron chi connectivity index (χ1n) is 12.4. The maximum absolute atomic E-state index is 11.0. The molecule has 0 radical (unpaired) electrons. The first-order chi connectivity index (χ1) is 16.4. The SMILES string of the molecule is CCCC[C@@H](O)[C@@H](COCOCCOC)CO[Si](c1ccccc1)(c1ccccc1)C(C)(C)C. The summed E-state index contributed by atoms with van der Waals surface area (Å²) in [7, 11) is -1.02. The first kappa shape index (κ1) is 28.7. The number of rotatable bonds is 16. The highest BCUT2D eigenvalue weighted by atomic mass is 28.4. The molecule has 1 N–H and O–H groups in total. The van der Waals surface area contributed by atoms with Crippen LogP contribution in [0.15, 0.2) is 60.7 Å². The first-order valence-corrected chi connectivity index (χ1v) is 14.3. The summed E-state index contributed by atoms with van der Waals surface area (Å²) in [6.07, 6.45) is 2.26. The third-order valence-corrected chi connectivity index (χ3v) is 11.3. The molecule has 0 saturated heterocycles. The predicted octanol–water partition coefficient (Wildman–Crippen LogP) is 4.37. The zero-order chi connectivity index (χ0) is 24.9. The predicted molar refractivity (Wildman–Crippen MR) is 141 cm³/mol. The largest absolute Gasteiger partial charge is 0.407 e. The molecule has 0 heterocycles. The summed E-state index contributed by atoms with van der Waals surface area (Å²) in [5, 5.41) is 13.4. The van der Waals surface area contributed by atoms with Crippen molar-refractivity contribution in [2.24, 2.45) is 5.92 Å². The van der Waals surface area contributed by atoms with Crippen molar-refractivity contribution in [3.8, 4) is 0 Å². The van der Waals surface area contributed by atoms with E-state index in [4.69, 9.17) is 18.6 Å². The van der Waals surface area contributed by atoms with Crippen molar-refractivity contribution in [2.75, 3.05) is 40.3 Å². The Morgan fingerprint density at radius 1 is 0.853 bits per heavy atom. The van der Waals surface area contributed by atoms with Crippen LogP contribution in [0.3, 0.4) is 0 Å². The highest BCUT2D eigenvalue weighted by Crippen LogP contribution is 2.37. The topological polar surface area (TPSA) is 57.2 Å². The number of ether oxygens (including phenoxy) is 3. The second-order valence-electron chi connectivity index (χ2n) is 9.83. The molecule has 0 spiro atoms. The number of methoxy groups -OCH3 is 1. The van der Waals surface area contributed by atoms with Crippen LogP contribution >= 0.6 is 0 Å². The Labute approximate surface area is 207 Å². The van der Waals surface area contributed by atoms with Crippen molar-refractivity contribution in [1.29, 1.82) is 0 Å². The third-order valence-electron chi connectivity index (χ3n) is 6.26. The van der Waals surface area contributed by atoms with Gasteiger partial charge in [0.1, 0.15) is 6.79 Å². The van der Waals surface area contributed by atoms with Gasteiger partial charge >= 0.3 is 0 Å². The van der Waals surface area contributed by atoms with Gasteiger partial charge in [-0.25, -0.2) is 0 Å². The van der Waals surface area contributed by atoms with Crippen LogP contribution in [0.25, 0.3) is 0 Å². The van der Waals surface area contributed by atoms with Crippen LogP contribution in [-0.2, 0) is 18.6 Å². The van der Waals surface area contributed by atoms with E-state index in [0.717, 1.165) is 19.3 Å². The van der Waals surface area contributed by atoms with Crippen molar-refractivity contribution in [2.45, 2.75) is 58.1 Å². The summed E-state index contributed by atoms with van der Waals surface area (Å²) >= 11 is 0. The Morgan fingerprint density at radius 3 is 1.94 bits per heavy atom. The van der Waals surface area contributed by atoms with Gasteiger partial charge in [0.25, 0.3) is 8.32 Å².